The van der Waals surface area contributed by atoms with Crippen molar-refractivity contribution in [2.24, 2.45) is 11.7 Å². The second-order valence-electron chi connectivity index (χ2n) is 4.90. The summed E-state index contributed by atoms with van der Waals surface area (Å²) in [6.45, 7) is 1.69. The van der Waals surface area contributed by atoms with Gasteiger partial charge in [-0.1, -0.05) is 0 Å². The molecule has 0 aromatic heterocycles. The molecule has 8 heteroatoms. The Morgan fingerprint density at radius 3 is 2.75 bits per heavy atom. The lowest BCUT2D eigenvalue weighted by molar-refractivity contribution is -0.139. The van der Waals surface area contributed by atoms with E-state index >= 15 is 0 Å². The second-order valence-corrected chi connectivity index (χ2v) is 4.90. The highest BCUT2D eigenvalue weighted by molar-refractivity contribution is 5.83. The fourth-order valence-corrected chi connectivity index (χ4v) is 2.17. The van der Waals surface area contributed by atoms with Gasteiger partial charge in [-0.15, -0.1) is 0 Å². The lowest BCUT2D eigenvalue weighted by Crippen LogP contribution is -2.47. The number of urea groups is 1. The van der Waals surface area contributed by atoms with Gasteiger partial charge in [-0.05, 0) is 12.8 Å². The number of nitrogens with one attached hydrogen (secondary N) is 1. The number of nitrogens with two attached hydrogens (primary N) is 1. The van der Waals surface area contributed by atoms with Gasteiger partial charge in [-0.2, -0.15) is 0 Å². The Morgan fingerprint density at radius 2 is 2.20 bits per heavy atom. The number of carboxylic acid groups (broad SMARTS) is 1. The van der Waals surface area contributed by atoms with Crippen molar-refractivity contribution >= 4 is 17.9 Å². The second kappa shape index (κ2) is 7.68. The topological polar surface area (TPSA) is 122 Å². The van der Waals surface area contributed by atoms with Gasteiger partial charge in [0.15, 0.2) is 0 Å². The lowest BCUT2D eigenvalue weighted by Gasteiger charge is -2.20. The van der Waals surface area contributed by atoms with Crippen molar-refractivity contribution in [1.82, 2.24) is 10.2 Å². The van der Waals surface area contributed by atoms with E-state index in [1.54, 1.807) is 12.0 Å². The van der Waals surface area contributed by atoms with Crippen molar-refractivity contribution in [3.8, 4) is 0 Å². The largest absolute Gasteiger partial charge is 0.480 e. The number of rotatable bonds is 7. The highest BCUT2D eigenvalue weighted by Crippen LogP contribution is 2.16. The number of carboxylic acids is 1. The van der Waals surface area contributed by atoms with Crippen LogP contribution in [0.5, 0.6) is 0 Å². The average molecular weight is 287 g/mol. The number of carbonyl (C=O) groups is 3. The van der Waals surface area contributed by atoms with Crippen LogP contribution in [0.3, 0.4) is 0 Å². The quantitative estimate of drug-likeness (QED) is 0.576. The van der Waals surface area contributed by atoms with Crippen LogP contribution in [-0.4, -0.2) is 60.8 Å². The molecule has 1 aliphatic heterocycles. The number of likely N-dealkylation sites (tertiary alicyclic amines) is 1. The fraction of sp³-hybridized carbons (Fsp3) is 0.750. The number of methoxy groups -OCH3 is 1. The molecule has 1 heterocycles. The Balaban J connectivity index is 2.46. The van der Waals surface area contributed by atoms with E-state index < -0.39 is 23.9 Å². The summed E-state index contributed by atoms with van der Waals surface area (Å²) in [4.78, 5) is 35.2. The smallest absolute Gasteiger partial charge is 0.326 e. The van der Waals surface area contributed by atoms with Gasteiger partial charge in [0.05, 0.1) is 6.61 Å². The third kappa shape index (κ3) is 5.04. The van der Waals surface area contributed by atoms with Crippen molar-refractivity contribution in [2.45, 2.75) is 25.3 Å². The lowest BCUT2D eigenvalue weighted by atomic mass is 10.1. The number of hydrogen-bond acceptors (Lipinski definition) is 4. The maximum Gasteiger partial charge on any atom is 0.326 e. The van der Waals surface area contributed by atoms with Gasteiger partial charge in [0.25, 0.3) is 0 Å². The Kier molecular flexibility index (Phi) is 6.23. The Bertz CT molecular complexity index is 374. The summed E-state index contributed by atoms with van der Waals surface area (Å²) in [6, 6.07) is -1.53. The van der Waals surface area contributed by atoms with Crippen LogP contribution in [0.1, 0.15) is 19.3 Å². The molecule has 0 spiro atoms. The van der Waals surface area contributed by atoms with E-state index in [-0.39, 0.29) is 18.8 Å². The first-order chi connectivity index (χ1) is 9.43. The van der Waals surface area contributed by atoms with E-state index in [0.29, 0.717) is 19.7 Å². The van der Waals surface area contributed by atoms with Gasteiger partial charge >= 0.3 is 12.0 Å². The van der Waals surface area contributed by atoms with Gasteiger partial charge in [0.2, 0.25) is 5.91 Å². The number of primary amides is 1. The molecule has 1 fully saturated rings. The molecule has 0 aromatic carbocycles. The number of ether oxygens (including phenoxy) is 1. The molecule has 4 N–H and O–H groups in total. The summed E-state index contributed by atoms with van der Waals surface area (Å²) in [5, 5.41) is 11.4. The third-order valence-corrected chi connectivity index (χ3v) is 3.25. The molecule has 0 aromatic rings. The summed E-state index contributed by atoms with van der Waals surface area (Å²) in [5.74, 6) is -1.49. The molecule has 0 radical (unpaired) electrons. The molecule has 1 unspecified atom stereocenters. The minimum Gasteiger partial charge on any atom is -0.480 e. The van der Waals surface area contributed by atoms with Crippen LogP contribution in [0.2, 0.25) is 0 Å². The average Bonchev–Trinajstić information content (AvgIpc) is 2.82. The molecule has 1 aliphatic rings. The minimum absolute atomic E-state index is 0.00819. The summed E-state index contributed by atoms with van der Waals surface area (Å²) in [5.41, 5.74) is 4.98. The molecule has 0 bridgehead atoms. The van der Waals surface area contributed by atoms with Crippen LogP contribution >= 0.6 is 0 Å². The maximum absolute atomic E-state index is 11.9. The zero-order chi connectivity index (χ0) is 15.1. The fourth-order valence-electron chi connectivity index (χ4n) is 2.17. The zero-order valence-corrected chi connectivity index (χ0v) is 11.5. The van der Waals surface area contributed by atoms with E-state index in [1.165, 1.54) is 0 Å². The maximum atomic E-state index is 11.9. The Morgan fingerprint density at radius 1 is 1.50 bits per heavy atom. The molecule has 0 saturated carbocycles. The molecule has 1 rings (SSSR count). The molecule has 0 aliphatic carbocycles. The normalized spacial score (nSPS) is 19.6. The zero-order valence-electron chi connectivity index (χ0n) is 11.5. The SMILES string of the molecule is COCC1CCN(C(=O)N[C@@H](CCC(N)=O)C(=O)O)C1. The van der Waals surface area contributed by atoms with Crippen LogP contribution < -0.4 is 11.1 Å². The highest BCUT2D eigenvalue weighted by Gasteiger charge is 2.29. The first-order valence-corrected chi connectivity index (χ1v) is 6.49. The standard InChI is InChI=1S/C12H21N3O5/c1-20-7-8-4-5-15(6-8)12(19)14-9(11(17)18)2-3-10(13)16/h8-9H,2-7H2,1H3,(H2,13,16)(H,14,19)(H,17,18)/t8?,9-/m0/s1. The van der Waals surface area contributed by atoms with Crippen molar-refractivity contribution in [3.63, 3.8) is 0 Å². The molecule has 8 nitrogen and oxygen atoms in total. The first kappa shape index (κ1) is 16.2. The third-order valence-electron chi connectivity index (χ3n) is 3.25. The van der Waals surface area contributed by atoms with E-state index in [9.17, 15) is 14.4 Å². The summed E-state index contributed by atoms with van der Waals surface area (Å²) >= 11 is 0. The van der Waals surface area contributed by atoms with Gasteiger partial charge in [-0.3, -0.25) is 4.79 Å². The molecule has 3 amide bonds. The molecular formula is C12H21N3O5. The van der Waals surface area contributed by atoms with E-state index in [0.717, 1.165) is 6.42 Å². The van der Waals surface area contributed by atoms with Crippen LogP contribution in [-0.2, 0) is 14.3 Å². The molecule has 20 heavy (non-hydrogen) atoms. The van der Waals surface area contributed by atoms with Gasteiger partial charge in [0.1, 0.15) is 6.04 Å². The van der Waals surface area contributed by atoms with Crippen molar-refractivity contribution in [3.05, 3.63) is 0 Å². The summed E-state index contributed by atoms with van der Waals surface area (Å²) < 4.78 is 5.03. The van der Waals surface area contributed by atoms with Crippen molar-refractivity contribution in [1.29, 1.82) is 0 Å². The summed E-state index contributed by atoms with van der Waals surface area (Å²) in [6.07, 6.45) is 0.746. The van der Waals surface area contributed by atoms with Crippen LogP contribution in [0, 0.1) is 5.92 Å². The van der Waals surface area contributed by atoms with Gasteiger partial charge in [-0.25, -0.2) is 9.59 Å². The van der Waals surface area contributed by atoms with Crippen molar-refractivity contribution < 1.29 is 24.2 Å². The van der Waals surface area contributed by atoms with Crippen LogP contribution in [0.25, 0.3) is 0 Å². The molecule has 2 atom stereocenters. The van der Waals surface area contributed by atoms with E-state index in [4.69, 9.17) is 15.6 Å². The van der Waals surface area contributed by atoms with E-state index in [2.05, 4.69) is 5.32 Å². The number of carbonyl (C=O) groups excluding carboxylic acids is 2. The number of nitrogens with zero attached hydrogens (tertiary/aromatic N) is 1. The predicted molar refractivity (Wildman–Crippen MR) is 69.9 cm³/mol. The number of aliphatic carboxylic acids is 1. The van der Waals surface area contributed by atoms with Crippen LogP contribution in [0.4, 0.5) is 4.79 Å². The predicted octanol–water partition coefficient (Wildman–Crippen LogP) is -0.617. The number of hydrogen-bond donors (Lipinski definition) is 3. The number of amides is 3. The van der Waals surface area contributed by atoms with Crippen LogP contribution in [0.15, 0.2) is 0 Å². The molecule has 1 saturated heterocycles. The first-order valence-electron chi connectivity index (χ1n) is 6.49. The molecular weight excluding hydrogens is 266 g/mol. The monoisotopic (exact) mass is 287 g/mol. The van der Waals surface area contributed by atoms with Gasteiger partial charge in [0, 0.05) is 32.5 Å². The molecule has 114 valence electrons. The highest BCUT2D eigenvalue weighted by atomic mass is 16.5. The van der Waals surface area contributed by atoms with E-state index in [1.807, 2.05) is 0 Å². The Hall–Kier alpha value is -1.83. The summed E-state index contributed by atoms with van der Waals surface area (Å²) in [7, 11) is 1.60. The Labute approximate surface area is 117 Å². The van der Waals surface area contributed by atoms with Crippen molar-refractivity contribution in [2.75, 3.05) is 26.8 Å². The minimum atomic E-state index is -1.17. The van der Waals surface area contributed by atoms with Gasteiger partial charge < -0.3 is 25.8 Å².